The Labute approximate surface area is 215 Å². The Hall–Kier alpha value is -4.05. The molecule has 0 aliphatic heterocycles. The fourth-order valence-corrected chi connectivity index (χ4v) is 4.61. The first-order valence-electron chi connectivity index (χ1n) is 11.7. The predicted octanol–water partition coefficient (Wildman–Crippen LogP) is 2.91. The maximum atomic E-state index is 12.7. The van der Waals surface area contributed by atoms with Gasteiger partial charge in [-0.2, -0.15) is 0 Å². The maximum absolute atomic E-state index is 12.7. The van der Waals surface area contributed by atoms with Crippen molar-refractivity contribution in [2.75, 3.05) is 18.1 Å². The van der Waals surface area contributed by atoms with Crippen LogP contribution in [-0.4, -0.2) is 55.0 Å². The van der Waals surface area contributed by atoms with Gasteiger partial charge in [0.25, 0.3) is 5.91 Å². The van der Waals surface area contributed by atoms with Gasteiger partial charge in [-0.1, -0.05) is 42.5 Å². The molecule has 0 bridgehead atoms. The lowest BCUT2D eigenvalue weighted by atomic mass is 10.0. The monoisotopic (exact) mass is 523 g/mol. The molecule has 1 atom stereocenters. The molecular weight excluding hydrogens is 494 g/mol. The number of carboxylic acids is 1. The van der Waals surface area contributed by atoms with Crippen LogP contribution >= 0.6 is 0 Å². The highest BCUT2D eigenvalue weighted by atomic mass is 32.2. The molecular formula is C27H29N3O6S. The van der Waals surface area contributed by atoms with E-state index < -0.39 is 27.8 Å². The van der Waals surface area contributed by atoms with E-state index in [0.29, 0.717) is 24.9 Å². The second-order valence-electron chi connectivity index (χ2n) is 8.61. The zero-order chi connectivity index (χ0) is 26.8. The van der Waals surface area contributed by atoms with Gasteiger partial charge >= 0.3 is 5.97 Å². The van der Waals surface area contributed by atoms with E-state index in [2.05, 4.69) is 15.6 Å². The number of benzene rings is 2. The number of Topliss-reactive ketones (excluding diaryl/α,β-unsaturated/α-hetero) is 1. The minimum absolute atomic E-state index is 0.00443. The molecule has 0 saturated carbocycles. The van der Waals surface area contributed by atoms with Gasteiger partial charge in [-0.25, -0.2) is 18.2 Å². The summed E-state index contributed by atoms with van der Waals surface area (Å²) in [7, 11) is -3.67. The van der Waals surface area contributed by atoms with Crippen molar-refractivity contribution in [3.05, 3.63) is 89.6 Å². The fraction of sp³-hybridized carbons (Fsp3) is 0.259. The molecule has 1 amide bonds. The number of carbonyl (C=O) groups is 3. The highest BCUT2D eigenvalue weighted by molar-refractivity contribution is 7.90. The Morgan fingerprint density at radius 3 is 2.27 bits per heavy atom. The number of carbonyl (C=O) groups excluding carboxylic acids is 2. The number of hydrogen-bond donors (Lipinski definition) is 3. The van der Waals surface area contributed by atoms with E-state index in [0.717, 1.165) is 17.6 Å². The number of aliphatic carboxylic acids is 1. The quantitative estimate of drug-likeness (QED) is 0.290. The summed E-state index contributed by atoms with van der Waals surface area (Å²) >= 11 is 0. The summed E-state index contributed by atoms with van der Waals surface area (Å²) in [5, 5.41) is 15.2. The topological polar surface area (TPSA) is 143 Å². The predicted molar refractivity (Wildman–Crippen MR) is 139 cm³/mol. The zero-order valence-electron chi connectivity index (χ0n) is 20.4. The third-order valence-corrected chi connectivity index (χ3v) is 6.76. The molecule has 10 heteroatoms. The molecule has 1 heterocycles. The Morgan fingerprint density at radius 1 is 0.946 bits per heavy atom. The number of carboxylic acid groups (broad SMARTS) is 1. The summed E-state index contributed by atoms with van der Waals surface area (Å²) in [6, 6.07) is 16.9. The number of pyridine rings is 1. The van der Waals surface area contributed by atoms with Crippen molar-refractivity contribution in [2.24, 2.45) is 0 Å². The highest BCUT2D eigenvalue weighted by Gasteiger charge is 2.24. The first-order chi connectivity index (χ1) is 17.6. The van der Waals surface area contributed by atoms with Gasteiger partial charge < -0.3 is 15.7 Å². The van der Waals surface area contributed by atoms with Crippen molar-refractivity contribution in [3.8, 4) is 0 Å². The molecule has 0 fully saturated rings. The Balaban J connectivity index is 1.53. The van der Waals surface area contributed by atoms with Gasteiger partial charge in [0.2, 0.25) is 0 Å². The van der Waals surface area contributed by atoms with Crippen molar-refractivity contribution >= 4 is 33.3 Å². The van der Waals surface area contributed by atoms with E-state index in [9.17, 15) is 27.9 Å². The van der Waals surface area contributed by atoms with E-state index in [1.54, 1.807) is 30.5 Å². The van der Waals surface area contributed by atoms with Gasteiger partial charge in [0, 0.05) is 38.3 Å². The van der Waals surface area contributed by atoms with Crippen LogP contribution in [0.1, 0.15) is 34.3 Å². The summed E-state index contributed by atoms with van der Waals surface area (Å²) in [6.45, 7) is 0.638. The normalized spacial score (nSPS) is 11.9. The number of nitrogens with zero attached hydrogens (tertiary/aromatic N) is 1. The second kappa shape index (κ2) is 12.8. The van der Waals surface area contributed by atoms with Crippen molar-refractivity contribution in [1.82, 2.24) is 10.3 Å². The van der Waals surface area contributed by atoms with E-state index >= 15 is 0 Å². The lowest BCUT2D eigenvalue weighted by Crippen LogP contribution is -2.42. The molecule has 194 valence electrons. The van der Waals surface area contributed by atoms with Crippen LogP contribution in [0.15, 0.2) is 77.8 Å². The lowest BCUT2D eigenvalue weighted by Gasteiger charge is -2.16. The molecule has 0 aliphatic rings. The average Bonchev–Trinajstić information content (AvgIpc) is 2.87. The number of sulfone groups is 1. The highest BCUT2D eigenvalue weighted by Crippen LogP contribution is 2.16. The minimum Gasteiger partial charge on any atom is -0.480 e. The summed E-state index contributed by atoms with van der Waals surface area (Å²) < 4.78 is 24.0. The van der Waals surface area contributed by atoms with Crippen LogP contribution in [0.3, 0.4) is 0 Å². The first kappa shape index (κ1) is 27.5. The number of rotatable bonds is 13. The van der Waals surface area contributed by atoms with Crippen LogP contribution < -0.4 is 10.6 Å². The summed E-state index contributed by atoms with van der Waals surface area (Å²) in [5.74, 6) is -1.17. The molecule has 0 unspecified atom stereocenters. The van der Waals surface area contributed by atoms with Gasteiger partial charge in [0.05, 0.1) is 10.5 Å². The number of nitrogens with one attached hydrogen (secondary N) is 2. The van der Waals surface area contributed by atoms with Crippen LogP contribution in [0.2, 0.25) is 0 Å². The fourth-order valence-electron chi connectivity index (χ4n) is 3.73. The minimum atomic E-state index is -3.67. The molecule has 3 aromatic rings. The van der Waals surface area contributed by atoms with Gasteiger partial charge in [0.1, 0.15) is 17.6 Å². The molecule has 0 aliphatic carbocycles. The average molecular weight is 524 g/mol. The number of amides is 1. The first-order valence-corrected chi connectivity index (χ1v) is 13.6. The van der Waals surface area contributed by atoms with Crippen molar-refractivity contribution in [2.45, 2.75) is 36.6 Å². The third-order valence-electron chi connectivity index (χ3n) is 5.60. The lowest BCUT2D eigenvalue weighted by molar-refractivity contribution is -0.139. The molecule has 3 N–H and O–H groups in total. The number of anilines is 1. The molecule has 3 rings (SSSR count). The summed E-state index contributed by atoms with van der Waals surface area (Å²) in [4.78, 5) is 40.8. The SMILES string of the molecule is CS(=O)(=O)c1ccccc1C(=O)N[C@@H](Cc1ccc(CC(=O)CCCNc2ccccn2)cc1)C(=O)O. The summed E-state index contributed by atoms with van der Waals surface area (Å²) in [5.41, 5.74) is 1.35. The van der Waals surface area contributed by atoms with Gasteiger partial charge in [-0.15, -0.1) is 0 Å². The number of hydrogen-bond acceptors (Lipinski definition) is 7. The molecule has 1 aromatic heterocycles. The molecule has 0 spiro atoms. The van der Waals surface area contributed by atoms with E-state index in [-0.39, 0.29) is 29.1 Å². The van der Waals surface area contributed by atoms with Gasteiger partial charge in [-0.05, 0) is 41.8 Å². The van der Waals surface area contributed by atoms with Crippen molar-refractivity contribution in [1.29, 1.82) is 0 Å². The standard InChI is InChI=1S/C27H29N3O6S/c1-37(35,36)24-9-3-2-8-22(24)26(32)30-23(27(33)34)18-20-13-11-19(12-14-20)17-21(31)7-6-16-29-25-10-4-5-15-28-25/h2-5,8-15,23H,6-7,16-18H2,1H3,(H,28,29)(H,30,32)(H,33,34)/t23-/m0/s1. The van der Waals surface area contributed by atoms with Crippen LogP contribution in [0.4, 0.5) is 5.82 Å². The van der Waals surface area contributed by atoms with Crippen LogP contribution in [0.25, 0.3) is 0 Å². The number of ketones is 1. The molecule has 0 saturated heterocycles. The zero-order valence-corrected chi connectivity index (χ0v) is 21.2. The van der Waals surface area contributed by atoms with Crippen LogP contribution in [0.5, 0.6) is 0 Å². The molecule has 0 radical (unpaired) electrons. The second-order valence-corrected chi connectivity index (χ2v) is 10.6. The Morgan fingerprint density at radius 2 is 1.62 bits per heavy atom. The van der Waals surface area contributed by atoms with Crippen molar-refractivity contribution < 1.29 is 27.9 Å². The Kier molecular flexibility index (Phi) is 9.51. The maximum Gasteiger partial charge on any atom is 0.326 e. The molecule has 2 aromatic carbocycles. The van der Waals surface area contributed by atoms with E-state index in [1.807, 2.05) is 18.2 Å². The van der Waals surface area contributed by atoms with E-state index in [1.165, 1.54) is 24.3 Å². The Bertz CT molecular complexity index is 1340. The van der Waals surface area contributed by atoms with Crippen molar-refractivity contribution in [3.63, 3.8) is 0 Å². The van der Waals surface area contributed by atoms with E-state index in [4.69, 9.17) is 0 Å². The summed E-state index contributed by atoms with van der Waals surface area (Å²) in [6.07, 6.45) is 4.04. The van der Waals surface area contributed by atoms with Gasteiger partial charge in [0.15, 0.2) is 9.84 Å². The number of aromatic nitrogens is 1. The van der Waals surface area contributed by atoms with Crippen LogP contribution in [0, 0.1) is 0 Å². The molecule has 9 nitrogen and oxygen atoms in total. The third kappa shape index (κ3) is 8.53. The largest absolute Gasteiger partial charge is 0.480 e. The van der Waals surface area contributed by atoms with Crippen LogP contribution in [-0.2, 0) is 32.3 Å². The smallest absolute Gasteiger partial charge is 0.326 e. The molecule has 37 heavy (non-hydrogen) atoms. The van der Waals surface area contributed by atoms with Gasteiger partial charge in [-0.3, -0.25) is 9.59 Å².